The lowest BCUT2D eigenvalue weighted by Crippen LogP contribution is -2.36. The minimum atomic E-state index is -0.398. The molecular formula is C15H21NO2. The molecule has 98 valence electrons. The van der Waals surface area contributed by atoms with Gasteiger partial charge in [0.25, 0.3) is 0 Å². The summed E-state index contributed by atoms with van der Waals surface area (Å²) < 4.78 is 4.62. The van der Waals surface area contributed by atoms with Gasteiger partial charge in [-0.2, -0.15) is 0 Å². The molecule has 1 aromatic carbocycles. The Morgan fingerprint density at radius 3 is 2.72 bits per heavy atom. The summed E-state index contributed by atoms with van der Waals surface area (Å²) in [4.78, 5) is 11.2. The number of carbonyl (C=O) groups is 1. The van der Waals surface area contributed by atoms with Crippen molar-refractivity contribution < 1.29 is 9.53 Å². The van der Waals surface area contributed by atoms with Crippen molar-refractivity contribution in [1.82, 2.24) is 5.32 Å². The molecule has 0 aliphatic carbocycles. The number of ether oxygens (including phenoxy) is 1. The summed E-state index contributed by atoms with van der Waals surface area (Å²) in [5.74, 6) is 0. The monoisotopic (exact) mass is 247 g/mol. The fraction of sp³-hybridized carbons (Fsp3) is 0.400. The minimum Gasteiger partial charge on any atom is -0.453 e. The van der Waals surface area contributed by atoms with Gasteiger partial charge in [0.15, 0.2) is 0 Å². The number of amides is 1. The van der Waals surface area contributed by atoms with Crippen LogP contribution >= 0.6 is 0 Å². The number of rotatable bonds is 5. The fourth-order valence-corrected chi connectivity index (χ4v) is 1.84. The first-order valence-electron chi connectivity index (χ1n) is 6.08. The predicted octanol–water partition coefficient (Wildman–Crippen LogP) is 3.15. The van der Waals surface area contributed by atoms with E-state index in [-0.39, 0.29) is 6.04 Å². The standard InChI is InChI=1S/C15H21NO2/c1-5-6-14(16-15(17)18-4)10-13-8-7-11(2)12(3)9-13/h5,7-9,14H,1,6,10H2,2-4H3,(H,16,17)/t14-/m1/s1. The average Bonchev–Trinajstić information content (AvgIpc) is 2.34. The van der Waals surface area contributed by atoms with E-state index in [0.29, 0.717) is 0 Å². The van der Waals surface area contributed by atoms with E-state index in [1.54, 1.807) is 0 Å². The summed E-state index contributed by atoms with van der Waals surface area (Å²) in [6.07, 6.45) is 2.91. The first-order chi connectivity index (χ1) is 8.56. The second kappa shape index (κ2) is 6.84. The van der Waals surface area contributed by atoms with Gasteiger partial charge in [0, 0.05) is 6.04 Å². The lowest BCUT2D eigenvalue weighted by molar-refractivity contribution is 0.166. The number of hydrogen-bond donors (Lipinski definition) is 1. The molecule has 1 aromatic rings. The van der Waals surface area contributed by atoms with Gasteiger partial charge in [-0.25, -0.2) is 4.79 Å². The largest absolute Gasteiger partial charge is 0.453 e. The Morgan fingerprint density at radius 2 is 2.17 bits per heavy atom. The Balaban J connectivity index is 2.72. The maximum Gasteiger partial charge on any atom is 0.407 e. The highest BCUT2D eigenvalue weighted by molar-refractivity contribution is 5.67. The molecule has 18 heavy (non-hydrogen) atoms. The van der Waals surface area contributed by atoms with Crippen LogP contribution in [0.1, 0.15) is 23.1 Å². The van der Waals surface area contributed by atoms with Gasteiger partial charge in [-0.15, -0.1) is 6.58 Å². The zero-order valence-electron chi connectivity index (χ0n) is 11.3. The third kappa shape index (κ3) is 4.24. The predicted molar refractivity (Wildman–Crippen MR) is 73.8 cm³/mol. The zero-order chi connectivity index (χ0) is 13.5. The first-order valence-corrected chi connectivity index (χ1v) is 6.08. The summed E-state index contributed by atoms with van der Waals surface area (Å²) in [5.41, 5.74) is 3.75. The van der Waals surface area contributed by atoms with Crippen LogP contribution in [0, 0.1) is 13.8 Å². The number of alkyl carbamates (subject to hydrolysis) is 1. The maximum absolute atomic E-state index is 11.2. The Labute approximate surface area is 109 Å². The minimum absolute atomic E-state index is 0.0251. The Morgan fingerprint density at radius 1 is 1.44 bits per heavy atom. The van der Waals surface area contributed by atoms with Crippen molar-refractivity contribution in [1.29, 1.82) is 0 Å². The van der Waals surface area contributed by atoms with Crippen LogP contribution in [0.5, 0.6) is 0 Å². The van der Waals surface area contributed by atoms with Crippen molar-refractivity contribution in [2.75, 3.05) is 7.11 Å². The normalized spacial score (nSPS) is 11.7. The van der Waals surface area contributed by atoms with Crippen molar-refractivity contribution in [3.05, 3.63) is 47.5 Å². The van der Waals surface area contributed by atoms with E-state index >= 15 is 0 Å². The lowest BCUT2D eigenvalue weighted by atomic mass is 9.99. The van der Waals surface area contributed by atoms with Crippen LogP contribution < -0.4 is 5.32 Å². The Hall–Kier alpha value is -1.77. The van der Waals surface area contributed by atoms with Crippen LogP contribution in [0.25, 0.3) is 0 Å². The summed E-state index contributed by atoms with van der Waals surface area (Å²) in [7, 11) is 1.37. The highest BCUT2D eigenvalue weighted by atomic mass is 16.5. The molecule has 0 aliphatic heterocycles. The molecule has 0 bridgehead atoms. The van der Waals surface area contributed by atoms with Crippen LogP contribution in [-0.4, -0.2) is 19.2 Å². The summed E-state index contributed by atoms with van der Waals surface area (Å²) in [6, 6.07) is 6.38. The molecule has 1 amide bonds. The van der Waals surface area contributed by atoms with Crippen LogP contribution in [0.3, 0.4) is 0 Å². The summed E-state index contributed by atoms with van der Waals surface area (Å²) in [5, 5.41) is 2.82. The third-order valence-electron chi connectivity index (χ3n) is 3.01. The molecule has 0 aliphatic rings. The van der Waals surface area contributed by atoms with Crippen LogP contribution in [-0.2, 0) is 11.2 Å². The number of nitrogens with one attached hydrogen (secondary N) is 1. The number of hydrogen-bond acceptors (Lipinski definition) is 2. The topological polar surface area (TPSA) is 38.3 Å². The second-order valence-corrected chi connectivity index (χ2v) is 4.48. The molecule has 0 aromatic heterocycles. The van der Waals surface area contributed by atoms with E-state index in [1.165, 1.54) is 23.8 Å². The third-order valence-corrected chi connectivity index (χ3v) is 3.01. The molecule has 3 nitrogen and oxygen atoms in total. The van der Waals surface area contributed by atoms with E-state index < -0.39 is 6.09 Å². The van der Waals surface area contributed by atoms with Gasteiger partial charge < -0.3 is 10.1 Å². The molecular weight excluding hydrogens is 226 g/mol. The van der Waals surface area contributed by atoms with Gasteiger partial charge in [-0.3, -0.25) is 0 Å². The number of carbonyl (C=O) groups excluding carboxylic acids is 1. The maximum atomic E-state index is 11.2. The van der Waals surface area contributed by atoms with Gasteiger partial charge >= 0.3 is 6.09 Å². The first kappa shape index (κ1) is 14.3. The van der Waals surface area contributed by atoms with E-state index in [9.17, 15) is 4.79 Å². The van der Waals surface area contributed by atoms with E-state index in [2.05, 4.69) is 48.7 Å². The Bertz CT molecular complexity index is 427. The van der Waals surface area contributed by atoms with Gasteiger partial charge in [0.05, 0.1) is 7.11 Å². The van der Waals surface area contributed by atoms with Crippen LogP contribution in [0.4, 0.5) is 4.79 Å². The highest BCUT2D eigenvalue weighted by Crippen LogP contribution is 2.13. The molecule has 1 rings (SSSR count). The van der Waals surface area contributed by atoms with Gasteiger partial charge in [0.2, 0.25) is 0 Å². The van der Waals surface area contributed by atoms with Crippen molar-refractivity contribution in [3.8, 4) is 0 Å². The molecule has 3 heteroatoms. The molecule has 0 fully saturated rings. The Kier molecular flexibility index (Phi) is 5.43. The second-order valence-electron chi connectivity index (χ2n) is 4.48. The molecule has 0 saturated carbocycles. The molecule has 0 heterocycles. The number of benzene rings is 1. The van der Waals surface area contributed by atoms with Crippen LogP contribution in [0.15, 0.2) is 30.9 Å². The SMILES string of the molecule is C=CC[C@H](Cc1ccc(C)c(C)c1)NC(=O)OC. The lowest BCUT2D eigenvalue weighted by Gasteiger charge is -2.17. The van der Waals surface area contributed by atoms with Gasteiger partial charge in [-0.05, 0) is 43.4 Å². The van der Waals surface area contributed by atoms with Crippen molar-refractivity contribution >= 4 is 6.09 Å². The van der Waals surface area contributed by atoms with Crippen LogP contribution in [0.2, 0.25) is 0 Å². The molecule has 0 spiro atoms. The quantitative estimate of drug-likeness (QED) is 0.812. The molecule has 1 N–H and O–H groups in total. The average molecular weight is 247 g/mol. The summed E-state index contributed by atoms with van der Waals surface area (Å²) in [6.45, 7) is 7.90. The van der Waals surface area contributed by atoms with Crippen molar-refractivity contribution in [2.45, 2.75) is 32.7 Å². The van der Waals surface area contributed by atoms with Gasteiger partial charge in [0.1, 0.15) is 0 Å². The van der Waals surface area contributed by atoms with E-state index in [1.807, 2.05) is 6.08 Å². The molecule has 0 unspecified atom stereocenters. The smallest absolute Gasteiger partial charge is 0.407 e. The number of methoxy groups -OCH3 is 1. The zero-order valence-corrected chi connectivity index (χ0v) is 11.3. The van der Waals surface area contributed by atoms with E-state index in [0.717, 1.165) is 12.8 Å². The molecule has 0 saturated heterocycles. The highest BCUT2D eigenvalue weighted by Gasteiger charge is 2.12. The van der Waals surface area contributed by atoms with Crippen molar-refractivity contribution in [3.63, 3.8) is 0 Å². The fourth-order valence-electron chi connectivity index (χ4n) is 1.84. The van der Waals surface area contributed by atoms with Gasteiger partial charge in [-0.1, -0.05) is 24.3 Å². The summed E-state index contributed by atoms with van der Waals surface area (Å²) >= 11 is 0. The molecule has 1 atom stereocenters. The number of aryl methyl sites for hydroxylation is 2. The van der Waals surface area contributed by atoms with E-state index in [4.69, 9.17) is 0 Å². The van der Waals surface area contributed by atoms with Crippen molar-refractivity contribution in [2.24, 2.45) is 0 Å². The molecule has 0 radical (unpaired) electrons.